The summed E-state index contributed by atoms with van der Waals surface area (Å²) in [5.74, 6) is -0.129. The Morgan fingerprint density at radius 2 is 1.74 bits per heavy atom. The maximum Gasteiger partial charge on any atom is 0.252 e. The minimum Gasteiger partial charge on any atom is -0.349 e. The van der Waals surface area contributed by atoms with E-state index in [4.69, 9.17) is 11.6 Å². The van der Waals surface area contributed by atoms with Crippen molar-refractivity contribution in [1.82, 2.24) is 5.32 Å². The van der Waals surface area contributed by atoms with Gasteiger partial charge in [-0.1, -0.05) is 54.1 Å². The first kappa shape index (κ1) is 13.4. The zero-order valence-corrected chi connectivity index (χ0v) is 11.2. The van der Waals surface area contributed by atoms with Gasteiger partial charge in [0.25, 0.3) is 5.91 Å². The third kappa shape index (κ3) is 3.04. The summed E-state index contributed by atoms with van der Waals surface area (Å²) in [5, 5.41) is 3.41. The van der Waals surface area contributed by atoms with Gasteiger partial charge in [-0.05, 0) is 17.7 Å². The summed E-state index contributed by atoms with van der Waals surface area (Å²) in [6.07, 6.45) is 1.65. The Kier molecular flexibility index (Phi) is 4.37. The molecular weight excluding hydrogens is 258 g/mol. The summed E-state index contributed by atoms with van der Waals surface area (Å²) in [4.78, 5) is 12.1. The van der Waals surface area contributed by atoms with Crippen molar-refractivity contribution in [2.24, 2.45) is 0 Å². The Hall–Kier alpha value is -2.06. The van der Waals surface area contributed by atoms with Gasteiger partial charge in [0.15, 0.2) is 0 Å². The molecule has 2 aromatic carbocycles. The van der Waals surface area contributed by atoms with E-state index in [-0.39, 0.29) is 5.91 Å². The number of rotatable bonds is 4. The summed E-state index contributed by atoms with van der Waals surface area (Å²) in [7, 11) is 0. The second-order valence-electron chi connectivity index (χ2n) is 4.02. The molecule has 0 aliphatic carbocycles. The topological polar surface area (TPSA) is 29.1 Å². The quantitative estimate of drug-likeness (QED) is 0.839. The molecule has 0 heterocycles. The van der Waals surface area contributed by atoms with Crippen molar-refractivity contribution in [2.45, 2.75) is 0 Å². The van der Waals surface area contributed by atoms with Crippen molar-refractivity contribution in [2.75, 3.05) is 6.54 Å². The summed E-state index contributed by atoms with van der Waals surface area (Å²) in [6, 6.07) is 14.9. The van der Waals surface area contributed by atoms with Crippen LogP contribution in [0.15, 0.2) is 61.2 Å². The van der Waals surface area contributed by atoms with Crippen LogP contribution in [0.5, 0.6) is 0 Å². The lowest BCUT2D eigenvalue weighted by atomic mass is 9.99. The van der Waals surface area contributed by atoms with E-state index >= 15 is 0 Å². The fraction of sp³-hybridized carbons (Fsp3) is 0.0625. The standard InChI is InChI=1S/C16H14ClNO/c1-2-11-18-16(19)14-9-4-3-7-12(14)13-8-5-6-10-15(13)17/h2-10H,1,11H2,(H,18,19). The van der Waals surface area contributed by atoms with E-state index in [1.54, 1.807) is 12.1 Å². The predicted octanol–water partition coefficient (Wildman–Crippen LogP) is 3.92. The second kappa shape index (κ2) is 6.21. The van der Waals surface area contributed by atoms with Gasteiger partial charge in [0.05, 0.1) is 0 Å². The van der Waals surface area contributed by atoms with Crippen LogP contribution in [-0.2, 0) is 0 Å². The number of amides is 1. The van der Waals surface area contributed by atoms with E-state index in [9.17, 15) is 4.79 Å². The van der Waals surface area contributed by atoms with Crippen LogP contribution in [0.2, 0.25) is 5.02 Å². The molecule has 0 radical (unpaired) electrons. The molecule has 1 N–H and O–H groups in total. The first-order chi connectivity index (χ1) is 9.24. The van der Waals surface area contributed by atoms with Gasteiger partial charge in [-0.15, -0.1) is 6.58 Å². The number of nitrogens with one attached hydrogen (secondary N) is 1. The molecule has 2 nitrogen and oxygen atoms in total. The Labute approximate surface area is 117 Å². The Morgan fingerprint density at radius 1 is 1.11 bits per heavy atom. The van der Waals surface area contributed by atoms with Gasteiger partial charge >= 0.3 is 0 Å². The summed E-state index contributed by atoms with van der Waals surface area (Å²) in [5.41, 5.74) is 2.29. The highest BCUT2D eigenvalue weighted by Crippen LogP contribution is 2.30. The summed E-state index contributed by atoms with van der Waals surface area (Å²) >= 11 is 6.19. The number of benzene rings is 2. The normalized spacial score (nSPS) is 9.95. The lowest BCUT2D eigenvalue weighted by molar-refractivity contribution is 0.0958. The number of hydrogen-bond donors (Lipinski definition) is 1. The number of hydrogen-bond acceptors (Lipinski definition) is 1. The molecule has 19 heavy (non-hydrogen) atoms. The maximum absolute atomic E-state index is 12.1. The van der Waals surface area contributed by atoms with Crippen LogP contribution in [0.3, 0.4) is 0 Å². The molecular formula is C16H14ClNO. The monoisotopic (exact) mass is 271 g/mol. The molecule has 0 saturated carbocycles. The van der Waals surface area contributed by atoms with Crippen molar-refractivity contribution in [1.29, 1.82) is 0 Å². The average molecular weight is 272 g/mol. The van der Waals surface area contributed by atoms with Crippen LogP contribution in [0.1, 0.15) is 10.4 Å². The molecule has 0 saturated heterocycles. The van der Waals surface area contributed by atoms with Gasteiger partial charge in [0.2, 0.25) is 0 Å². The molecule has 1 amide bonds. The molecule has 2 rings (SSSR count). The first-order valence-corrected chi connectivity index (χ1v) is 6.35. The average Bonchev–Trinajstić information content (AvgIpc) is 2.45. The van der Waals surface area contributed by atoms with Gasteiger partial charge in [0.1, 0.15) is 0 Å². The van der Waals surface area contributed by atoms with Crippen LogP contribution in [0.4, 0.5) is 0 Å². The zero-order valence-electron chi connectivity index (χ0n) is 10.4. The van der Waals surface area contributed by atoms with E-state index in [0.717, 1.165) is 11.1 Å². The van der Waals surface area contributed by atoms with E-state index in [2.05, 4.69) is 11.9 Å². The smallest absolute Gasteiger partial charge is 0.252 e. The summed E-state index contributed by atoms with van der Waals surface area (Å²) in [6.45, 7) is 4.03. The van der Waals surface area contributed by atoms with E-state index < -0.39 is 0 Å². The van der Waals surface area contributed by atoms with Crippen LogP contribution in [0, 0.1) is 0 Å². The SMILES string of the molecule is C=CCNC(=O)c1ccccc1-c1ccccc1Cl. The van der Waals surface area contributed by atoms with Crippen LogP contribution in [0.25, 0.3) is 11.1 Å². The lowest BCUT2D eigenvalue weighted by Crippen LogP contribution is -2.23. The fourth-order valence-electron chi connectivity index (χ4n) is 1.86. The molecule has 0 aromatic heterocycles. The molecule has 3 heteroatoms. The first-order valence-electron chi connectivity index (χ1n) is 5.97. The second-order valence-corrected chi connectivity index (χ2v) is 4.43. The highest BCUT2D eigenvalue weighted by molar-refractivity contribution is 6.33. The van der Waals surface area contributed by atoms with Crippen molar-refractivity contribution >= 4 is 17.5 Å². The van der Waals surface area contributed by atoms with Gasteiger partial charge in [-0.25, -0.2) is 0 Å². The minimum absolute atomic E-state index is 0.129. The Morgan fingerprint density at radius 3 is 2.42 bits per heavy atom. The van der Waals surface area contributed by atoms with Gasteiger partial charge in [-0.3, -0.25) is 4.79 Å². The molecule has 96 valence electrons. The van der Waals surface area contributed by atoms with Crippen molar-refractivity contribution in [3.05, 3.63) is 71.8 Å². The Bertz CT molecular complexity index is 607. The van der Waals surface area contributed by atoms with Gasteiger partial charge in [0, 0.05) is 22.7 Å². The highest BCUT2D eigenvalue weighted by atomic mass is 35.5. The molecule has 0 aliphatic heterocycles. The van der Waals surface area contributed by atoms with Crippen LogP contribution in [-0.4, -0.2) is 12.5 Å². The van der Waals surface area contributed by atoms with Crippen molar-refractivity contribution in [3.63, 3.8) is 0 Å². The number of carbonyl (C=O) groups excluding carboxylic acids is 1. The Balaban J connectivity index is 2.44. The summed E-state index contributed by atoms with van der Waals surface area (Å²) < 4.78 is 0. The van der Waals surface area contributed by atoms with E-state index in [0.29, 0.717) is 17.1 Å². The predicted molar refractivity (Wildman–Crippen MR) is 79.4 cm³/mol. The van der Waals surface area contributed by atoms with Crippen LogP contribution >= 0.6 is 11.6 Å². The molecule has 0 unspecified atom stereocenters. The largest absolute Gasteiger partial charge is 0.349 e. The van der Waals surface area contributed by atoms with E-state index in [1.165, 1.54) is 0 Å². The molecule has 2 aromatic rings. The zero-order chi connectivity index (χ0) is 13.7. The maximum atomic E-state index is 12.1. The number of halogens is 1. The lowest BCUT2D eigenvalue weighted by Gasteiger charge is -2.10. The minimum atomic E-state index is -0.129. The molecule has 0 atom stereocenters. The van der Waals surface area contributed by atoms with E-state index in [1.807, 2.05) is 42.5 Å². The molecule has 0 bridgehead atoms. The molecule has 0 aliphatic rings. The van der Waals surface area contributed by atoms with Crippen molar-refractivity contribution in [3.8, 4) is 11.1 Å². The third-order valence-corrected chi connectivity index (χ3v) is 3.07. The fourth-order valence-corrected chi connectivity index (χ4v) is 2.09. The van der Waals surface area contributed by atoms with Crippen molar-refractivity contribution < 1.29 is 4.79 Å². The van der Waals surface area contributed by atoms with Gasteiger partial charge < -0.3 is 5.32 Å². The third-order valence-electron chi connectivity index (χ3n) is 2.74. The van der Waals surface area contributed by atoms with Gasteiger partial charge in [-0.2, -0.15) is 0 Å². The highest BCUT2D eigenvalue weighted by Gasteiger charge is 2.13. The number of carbonyl (C=O) groups is 1. The van der Waals surface area contributed by atoms with Crippen LogP contribution < -0.4 is 5.32 Å². The molecule has 0 fully saturated rings. The molecule has 0 spiro atoms.